The number of rotatable bonds is 8. The van der Waals surface area contributed by atoms with Crippen LogP contribution in [-0.2, 0) is 14.3 Å². The highest BCUT2D eigenvalue weighted by molar-refractivity contribution is 5.97. The summed E-state index contributed by atoms with van der Waals surface area (Å²) in [4.78, 5) is 35.9. The van der Waals surface area contributed by atoms with Gasteiger partial charge < -0.3 is 20.1 Å². The lowest BCUT2D eigenvalue weighted by Crippen LogP contribution is -2.32. The number of aryl methyl sites for hydroxylation is 3. The molecule has 0 saturated carbocycles. The van der Waals surface area contributed by atoms with Gasteiger partial charge in [0.05, 0.1) is 6.61 Å². The summed E-state index contributed by atoms with van der Waals surface area (Å²) in [5, 5.41) is 5.21. The quantitative estimate of drug-likeness (QED) is 0.667. The first-order valence-electron chi connectivity index (χ1n) is 9.34. The third-order valence-electron chi connectivity index (χ3n) is 4.13. The molecule has 0 aliphatic heterocycles. The van der Waals surface area contributed by atoms with Crippen molar-refractivity contribution in [1.29, 1.82) is 0 Å². The average Bonchev–Trinajstić information content (AvgIpc) is 2.68. The fraction of sp³-hybridized carbons (Fsp3) is 0.318. The molecule has 154 valence electrons. The maximum Gasteiger partial charge on any atom is 0.325 e. The van der Waals surface area contributed by atoms with Crippen LogP contribution in [0.5, 0.6) is 5.75 Å². The SMILES string of the molecule is CCOc1ccc(C(=O)NCC(=O)OCC(=O)Nc2c(C)cc(C)cc2C)cc1. The van der Waals surface area contributed by atoms with Gasteiger partial charge in [0.25, 0.3) is 11.8 Å². The second kappa shape index (κ2) is 10.3. The third kappa shape index (κ3) is 6.64. The van der Waals surface area contributed by atoms with E-state index in [9.17, 15) is 14.4 Å². The Labute approximate surface area is 170 Å². The minimum atomic E-state index is -0.697. The highest BCUT2D eigenvalue weighted by Gasteiger charge is 2.13. The zero-order chi connectivity index (χ0) is 21.4. The van der Waals surface area contributed by atoms with Crippen molar-refractivity contribution >= 4 is 23.5 Å². The molecule has 0 spiro atoms. The fourth-order valence-corrected chi connectivity index (χ4v) is 2.87. The van der Waals surface area contributed by atoms with Gasteiger partial charge in [0.15, 0.2) is 6.61 Å². The summed E-state index contributed by atoms with van der Waals surface area (Å²) >= 11 is 0. The molecular weight excluding hydrogens is 372 g/mol. The largest absolute Gasteiger partial charge is 0.494 e. The molecule has 0 bridgehead atoms. The van der Waals surface area contributed by atoms with Gasteiger partial charge in [-0.1, -0.05) is 17.7 Å². The molecule has 0 unspecified atom stereocenters. The lowest BCUT2D eigenvalue weighted by molar-refractivity contribution is -0.146. The molecule has 0 radical (unpaired) electrons. The Kier molecular flexibility index (Phi) is 7.77. The third-order valence-corrected chi connectivity index (χ3v) is 4.13. The molecule has 2 aromatic carbocycles. The van der Waals surface area contributed by atoms with E-state index in [-0.39, 0.29) is 6.54 Å². The van der Waals surface area contributed by atoms with E-state index in [4.69, 9.17) is 9.47 Å². The van der Waals surface area contributed by atoms with Gasteiger partial charge in [-0.25, -0.2) is 0 Å². The van der Waals surface area contributed by atoms with E-state index in [2.05, 4.69) is 10.6 Å². The summed E-state index contributed by atoms with van der Waals surface area (Å²) in [5.41, 5.74) is 4.08. The van der Waals surface area contributed by atoms with Crippen LogP contribution in [0, 0.1) is 20.8 Å². The molecule has 0 atom stereocenters. The van der Waals surface area contributed by atoms with Crippen LogP contribution in [0.4, 0.5) is 5.69 Å². The second-order valence-corrected chi connectivity index (χ2v) is 6.62. The van der Waals surface area contributed by atoms with Crippen LogP contribution in [0.15, 0.2) is 36.4 Å². The average molecular weight is 398 g/mol. The van der Waals surface area contributed by atoms with E-state index in [1.165, 1.54) is 0 Å². The van der Waals surface area contributed by atoms with Crippen LogP contribution in [0.25, 0.3) is 0 Å². The van der Waals surface area contributed by atoms with Crippen molar-refractivity contribution in [1.82, 2.24) is 5.32 Å². The highest BCUT2D eigenvalue weighted by Crippen LogP contribution is 2.21. The van der Waals surface area contributed by atoms with Crippen LogP contribution in [0.3, 0.4) is 0 Å². The molecule has 7 nitrogen and oxygen atoms in total. The zero-order valence-electron chi connectivity index (χ0n) is 17.1. The molecule has 0 aliphatic rings. The Morgan fingerprint density at radius 2 is 1.59 bits per heavy atom. The van der Waals surface area contributed by atoms with Crippen molar-refractivity contribution in [3.05, 3.63) is 58.7 Å². The zero-order valence-corrected chi connectivity index (χ0v) is 17.1. The van der Waals surface area contributed by atoms with Crippen molar-refractivity contribution in [3.8, 4) is 5.75 Å². The Hall–Kier alpha value is -3.35. The molecule has 2 rings (SSSR count). The topological polar surface area (TPSA) is 93.7 Å². The maximum absolute atomic E-state index is 12.1. The van der Waals surface area contributed by atoms with Gasteiger partial charge in [0, 0.05) is 11.3 Å². The Bertz CT molecular complexity index is 868. The summed E-state index contributed by atoms with van der Waals surface area (Å²) in [7, 11) is 0. The van der Waals surface area contributed by atoms with Crippen LogP contribution >= 0.6 is 0 Å². The molecule has 7 heteroatoms. The Morgan fingerprint density at radius 3 is 2.17 bits per heavy atom. The molecule has 2 N–H and O–H groups in total. The molecule has 29 heavy (non-hydrogen) atoms. The molecule has 0 saturated heterocycles. The number of carbonyl (C=O) groups is 3. The van der Waals surface area contributed by atoms with Crippen molar-refractivity contribution in [2.24, 2.45) is 0 Å². The summed E-state index contributed by atoms with van der Waals surface area (Å²) in [6.45, 7) is 7.43. The van der Waals surface area contributed by atoms with Crippen LogP contribution in [-0.4, -0.2) is 37.5 Å². The molecule has 0 aromatic heterocycles. The lowest BCUT2D eigenvalue weighted by Gasteiger charge is -2.13. The van der Waals surface area contributed by atoms with E-state index in [0.29, 0.717) is 23.6 Å². The predicted molar refractivity (Wildman–Crippen MR) is 110 cm³/mol. The van der Waals surface area contributed by atoms with Crippen molar-refractivity contribution < 1.29 is 23.9 Å². The Morgan fingerprint density at radius 1 is 0.966 bits per heavy atom. The van der Waals surface area contributed by atoms with Gasteiger partial charge in [-0.05, 0) is 63.1 Å². The first-order valence-corrected chi connectivity index (χ1v) is 9.34. The van der Waals surface area contributed by atoms with Crippen LogP contribution in [0.1, 0.15) is 34.0 Å². The summed E-state index contributed by atoms with van der Waals surface area (Å²) in [5.74, 6) is -0.892. The van der Waals surface area contributed by atoms with Crippen LogP contribution < -0.4 is 15.4 Å². The van der Waals surface area contributed by atoms with E-state index in [0.717, 1.165) is 16.7 Å². The van der Waals surface area contributed by atoms with E-state index < -0.39 is 24.4 Å². The van der Waals surface area contributed by atoms with Gasteiger partial charge in [-0.15, -0.1) is 0 Å². The standard InChI is InChI=1S/C22H26N2O5/c1-5-28-18-8-6-17(7-9-18)22(27)23-12-20(26)29-13-19(25)24-21-15(3)10-14(2)11-16(21)4/h6-11H,5,12-13H2,1-4H3,(H,23,27)(H,24,25). The minimum absolute atomic E-state index is 0.331. The number of amides is 2. The fourth-order valence-electron chi connectivity index (χ4n) is 2.87. The highest BCUT2D eigenvalue weighted by atomic mass is 16.5. The monoisotopic (exact) mass is 398 g/mol. The first kappa shape index (κ1) is 21.9. The number of esters is 1. The number of ether oxygens (including phenoxy) is 2. The molecular formula is C22H26N2O5. The van der Waals surface area contributed by atoms with Gasteiger partial charge in [-0.2, -0.15) is 0 Å². The molecule has 2 amide bonds. The summed E-state index contributed by atoms with van der Waals surface area (Å²) < 4.78 is 10.2. The van der Waals surface area contributed by atoms with Crippen molar-refractivity contribution in [2.45, 2.75) is 27.7 Å². The van der Waals surface area contributed by atoms with Gasteiger partial charge in [0.1, 0.15) is 12.3 Å². The van der Waals surface area contributed by atoms with Crippen molar-refractivity contribution in [2.75, 3.05) is 25.1 Å². The molecule has 2 aromatic rings. The Balaban J connectivity index is 1.78. The number of carbonyl (C=O) groups excluding carboxylic acids is 3. The number of hydrogen-bond donors (Lipinski definition) is 2. The molecule has 0 heterocycles. The number of hydrogen-bond acceptors (Lipinski definition) is 5. The van der Waals surface area contributed by atoms with E-state index >= 15 is 0 Å². The normalized spacial score (nSPS) is 10.2. The first-order chi connectivity index (χ1) is 13.8. The maximum atomic E-state index is 12.1. The number of anilines is 1. The van der Waals surface area contributed by atoms with Gasteiger partial charge in [0.2, 0.25) is 0 Å². The molecule has 0 aliphatic carbocycles. The molecule has 0 fully saturated rings. The predicted octanol–water partition coefficient (Wildman–Crippen LogP) is 2.92. The van der Waals surface area contributed by atoms with Gasteiger partial charge in [-0.3, -0.25) is 14.4 Å². The van der Waals surface area contributed by atoms with Crippen molar-refractivity contribution in [3.63, 3.8) is 0 Å². The smallest absolute Gasteiger partial charge is 0.325 e. The van der Waals surface area contributed by atoms with Crippen LogP contribution in [0.2, 0.25) is 0 Å². The second-order valence-electron chi connectivity index (χ2n) is 6.62. The number of benzene rings is 2. The minimum Gasteiger partial charge on any atom is -0.494 e. The lowest BCUT2D eigenvalue weighted by atomic mass is 10.1. The van der Waals surface area contributed by atoms with Gasteiger partial charge >= 0.3 is 5.97 Å². The van der Waals surface area contributed by atoms with E-state index in [1.54, 1.807) is 24.3 Å². The summed E-state index contributed by atoms with van der Waals surface area (Å²) in [6, 6.07) is 10.5. The number of nitrogens with one attached hydrogen (secondary N) is 2. The summed E-state index contributed by atoms with van der Waals surface area (Å²) in [6.07, 6.45) is 0. The van der Waals surface area contributed by atoms with E-state index in [1.807, 2.05) is 39.8 Å².